The lowest BCUT2D eigenvalue weighted by Crippen LogP contribution is -2.50. The summed E-state index contributed by atoms with van der Waals surface area (Å²) >= 11 is 0. The van der Waals surface area contributed by atoms with Gasteiger partial charge in [0.15, 0.2) is 0 Å². The summed E-state index contributed by atoms with van der Waals surface area (Å²) < 4.78 is 0. The van der Waals surface area contributed by atoms with Crippen molar-refractivity contribution in [3.63, 3.8) is 0 Å². The number of nitrogens with zero attached hydrogens (tertiary/aromatic N) is 1. The summed E-state index contributed by atoms with van der Waals surface area (Å²) in [6.45, 7) is 6.39. The predicted octanol–water partition coefficient (Wildman–Crippen LogP) is 1.51. The van der Waals surface area contributed by atoms with Gasteiger partial charge in [0.25, 0.3) is 0 Å². The Bertz CT molecular complexity index is 340. The average molecular weight is 279 g/mol. The van der Waals surface area contributed by atoms with Crippen molar-refractivity contribution in [3.8, 4) is 0 Å². The molecule has 4 nitrogen and oxygen atoms in total. The fourth-order valence-electron chi connectivity index (χ4n) is 3.93. The molecular weight excluding hydrogens is 250 g/mol. The van der Waals surface area contributed by atoms with Crippen LogP contribution >= 0.6 is 0 Å². The van der Waals surface area contributed by atoms with Crippen LogP contribution < -0.4 is 10.6 Å². The van der Waals surface area contributed by atoms with Crippen LogP contribution in [0.5, 0.6) is 0 Å². The van der Waals surface area contributed by atoms with Crippen molar-refractivity contribution < 1.29 is 4.79 Å². The molecule has 3 aliphatic rings. The van der Waals surface area contributed by atoms with Crippen LogP contribution in [0.1, 0.15) is 51.9 Å². The van der Waals surface area contributed by atoms with Gasteiger partial charge in [0.05, 0.1) is 5.41 Å². The van der Waals surface area contributed by atoms with Crippen LogP contribution in [0.25, 0.3) is 0 Å². The molecule has 20 heavy (non-hydrogen) atoms. The van der Waals surface area contributed by atoms with E-state index in [-0.39, 0.29) is 5.41 Å². The van der Waals surface area contributed by atoms with E-state index in [1.165, 1.54) is 25.9 Å². The highest BCUT2D eigenvalue weighted by atomic mass is 16.2. The highest BCUT2D eigenvalue weighted by molar-refractivity contribution is 5.83. The predicted molar refractivity (Wildman–Crippen MR) is 80.6 cm³/mol. The van der Waals surface area contributed by atoms with Crippen molar-refractivity contribution in [3.05, 3.63) is 0 Å². The molecule has 2 saturated heterocycles. The molecule has 3 rings (SSSR count). The van der Waals surface area contributed by atoms with Crippen molar-refractivity contribution in [2.75, 3.05) is 26.2 Å². The van der Waals surface area contributed by atoms with Gasteiger partial charge in [-0.3, -0.25) is 4.79 Å². The first kappa shape index (κ1) is 14.3. The van der Waals surface area contributed by atoms with E-state index in [1.807, 2.05) is 0 Å². The van der Waals surface area contributed by atoms with Crippen LogP contribution in [0.3, 0.4) is 0 Å². The number of nitrogens with one attached hydrogen (secondary N) is 2. The fourth-order valence-corrected chi connectivity index (χ4v) is 3.93. The van der Waals surface area contributed by atoms with E-state index in [2.05, 4.69) is 22.5 Å². The largest absolute Gasteiger partial charge is 0.353 e. The molecule has 2 N–H and O–H groups in total. The monoisotopic (exact) mass is 279 g/mol. The lowest BCUT2D eigenvalue weighted by atomic mass is 9.81. The van der Waals surface area contributed by atoms with Crippen molar-refractivity contribution in [1.29, 1.82) is 0 Å². The number of amides is 1. The number of carbonyl (C=O) groups excluding carboxylic acids is 1. The second kappa shape index (κ2) is 6.02. The molecule has 2 heterocycles. The van der Waals surface area contributed by atoms with Crippen molar-refractivity contribution in [2.24, 2.45) is 5.41 Å². The van der Waals surface area contributed by atoms with Gasteiger partial charge in [0.1, 0.15) is 0 Å². The molecule has 0 aromatic carbocycles. The minimum Gasteiger partial charge on any atom is -0.353 e. The molecule has 0 bridgehead atoms. The molecule has 0 aromatic heterocycles. The third kappa shape index (κ3) is 3.01. The molecule has 1 saturated carbocycles. The lowest BCUT2D eigenvalue weighted by Gasteiger charge is -2.35. The number of rotatable bonds is 5. The number of carbonyl (C=O) groups is 1. The molecule has 4 heteroatoms. The van der Waals surface area contributed by atoms with E-state index in [4.69, 9.17) is 0 Å². The van der Waals surface area contributed by atoms with Gasteiger partial charge in [-0.15, -0.1) is 0 Å². The molecule has 114 valence electrons. The van der Waals surface area contributed by atoms with Crippen LogP contribution in [0.4, 0.5) is 0 Å². The Kier molecular flexibility index (Phi) is 4.32. The second-order valence-corrected chi connectivity index (χ2v) is 6.97. The van der Waals surface area contributed by atoms with E-state index in [9.17, 15) is 4.79 Å². The number of piperidine rings is 1. The Balaban J connectivity index is 1.50. The number of hydrogen-bond donors (Lipinski definition) is 2. The Labute approximate surface area is 122 Å². The van der Waals surface area contributed by atoms with Gasteiger partial charge in [-0.05, 0) is 45.1 Å². The van der Waals surface area contributed by atoms with E-state index >= 15 is 0 Å². The first-order chi connectivity index (χ1) is 9.73. The molecular formula is C16H29N3O. The number of likely N-dealkylation sites (tertiary alicyclic amines) is 1. The SMILES string of the molecule is CCCC1(C(=O)NC2CCN(C3CC3)CC2)CCNC1. The summed E-state index contributed by atoms with van der Waals surface area (Å²) in [5.74, 6) is 0.314. The van der Waals surface area contributed by atoms with Gasteiger partial charge in [0, 0.05) is 31.7 Å². The summed E-state index contributed by atoms with van der Waals surface area (Å²) in [5.41, 5.74) is -0.123. The minimum atomic E-state index is -0.123. The Hall–Kier alpha value is -0.610. The van der Waals surface area contributed by atoms with E-state index < -0.39 is 0 Å². The maximum Gasteiger partial charge on any atom is 0.227 e. The van der Waals surface area contributed by atoms with Gasteiger partial charge in [-0.25, -0.2) is 0 Å². The molecule has 0 aromatic rings. The van der Waals surface area contributed by atoms with Crippen molar-refractivity contribution in [2.45, 2.75) is 64.0 Å². The fraction of sp³-hybridized carbons (Fsp3) is 0.938. The molecule has 1 atom stereocenters. The molecule has 2 aliphatic heterocycles. The third-order valence-electron chi connectivity index (χ3n) is 5.38. The smallest absolute Gasteiger partial charge is 0.227 e. The summed E-state index contributed by atoms with van der Waals surface area (Å²) in [6.07, 6.45) is 8.18. The first-order valence-corrected chi connectivity index (χ1v) is 8.49. The van der Waals surface area contributed by atoms with Gasteiger partial charge < -0.3 is 15.5 Å². The zero-order valence-corrected chi connectivity index (χ0v) is 12.8. The standard InChI is InChI=1S/C16H29N3O/c1-2-7-16(8-9-17-12-16)15(20)18-13-5-10-19(11-6-13)14-3-4-14/h13-14,17H,2-12H2,1H3,(H,18,20). The molecule has 1 amide bonds. The molecule has 1 unspecified atom stereocenters. The van der Waals surface area contributed by atoms with Crippen molar-refractivity contribution in [1.82, 2.24) is 15.5 Å². The Morgan fingerprint density at radius 1 is 1.30 bits per heavy atom. The maximum atomic E-state index is 12.7. The average Bonchev–Trinajstić information content (AvgIpc) is 3.20. The van der Waals surface area contributed by atoms with E-state index in [0.29, 0.717) is 11.9 Å². The van der Waals surface area contributed by atoms with Crippen LogP contribution in [-0.2, 0) is 4.79 Å². The van der Waals surface area contributed by atoms with Crippen LogP contribution in [0.15, 0.2) is 0 Å². The molecule has 0 spiro atoms. The highest BCUT2D eigenvalue weighted by Crippen LogP contribution is 2.32. The van der Waals surface area contributed by atoms with Gasteiger partial charge in [0.2, 0.25) is 5.91 Å². The van der Waals surface area contributed by atoms with Gasteiger partial charge in [-0.1, -0.05) is 13.3 Å². The zero-order chi connectivity index (χ0) is 14.0. The van der Waals surface area contributed by atoms with Crippen LogP contribution in [0.2, 0.25) is 0 Å². The van der Waals surface area contributed by atoms with Crippen molar-refractivity contribution >= 4 is 5.91 Å². The van der Waals surface area contributed by atoms with Crippen LogP contribution in [0, 0.1) is 5.41 Å². The summed E-state index contributed by atoms with van der Waals surface area (Å²) in [7, 11) is 0. The zero-order valence-electron chi connectivity index (χ0n) is 12.8. The summed E-state index contributed by atoms with van der Waals surface area (Å²) in [6, 6.07) is 1.28. The third-order valence-corrected chi connectivity index (χ3v) is 5.38. The summed E-state index contributed by atoms with van der Waals surface area (Å²) in [5, 5.41) is 6.74. The molecule has 3 fully saturated rings. The normalized spacial score (nSPS) is 32.5. The second-order valence-electron chi connectivity index (χ2n) is 6.97. The maximum absolute atomic E-state index is 12.7. The van der Waals surface area contributed by atoms with Crippen LogP contribution in [-0.4, -0.2) is 49.1 Å². The van der Waals surface area contributed by atoms with Gasteiger partial charge in [-0.2, -0.15) is 0 Å². The highest BCUT2D eigenvalue weighted by Gasteiger charge is 2.41. The Morgan fingerprint density at radius 3 is 2.60 bits per heavy atom. The van der Waals surface area contributed by atoms with E-state index in [0.717, 1.165) is 51.2 Å². The number of hydrogen-bond acceptors (Lipinski definition) is 3. The minimum absolute atomic E-state index is 0.123. The topological polar surface area (TPSA) is 44.4 Å². The quantitative estimate of drug-likeness (QED) is 0.802. The first-order valence-electron chi connectivity index (χ1n) is 8.49. The van der Waals surface area contributed by atoms with E-state index in [1.54, 1.807) is 0 Å². The molecule has 1 aliphatic carbocycles. The van der Waals surface area contributed by atoms with Gasteiger partial charge >= 0.3 is 0 Å². The summed E-state index contributed by atoms with van der Waals surface area (Å²) in [4.78, 5) is 15.3. The lowest BCUT2D eigenvalue weighted by molar-refractivity contribution is -0.131. The Morgan fingerprint density at radius 2 is 2.05 bits per heavy atom. The molecule has 0 radical (unpaired) electrons.